The van der Waals surface area contributed by atoms with Gasteiger partial charge in [0.25, 0.3) is 5.78 Å². The van der Waals surface area contributed by atoms with Gasteiger partial charge in [-0.2, -0.15) is 14.6 Å². The monoisotopic (exact) mass is 261 g/mol. The van der Waals surface area contributed by atoms with Crippen LogP contribution in [0.3, 0.4) is 0 Å². The topological polar surface area (TPSA) is 83.6 Å². The van der Waals surface area contributed by atoms with Gasteiger partial charge < -0.3 is 10.0 Å². The Labute approximate surface area is 109 Å². The normalized spacial score (nSPS) is 19.8. The maximum Gasteiger partial charge on any atom is 0.308 e. The van der Waals surface area contributed by atoms with E-state index in [0.717, 1.165) is 30.9 Å². The predicted octanol–water partition coefficient (Wildman–Crippen LogP) is 0.734. The highest BCUT2D eigenvalue weighted by Gasteiger charge is 2.27. The number of anilines is 1. The van der Waals surface area contributed by atoms with Crippen LogP contribution in [0.2, 0.25) is 0 Å². The van der Waals surface area contributed by atoms with Crippen LogP contribution >= 0.6 is 0 Å². The average Bonchev–Trinajstić information content (AvgIpc) is 2.85. The first kappa shape index (κ1) is 11.9. The number of carbonyl (C=O) groups is 1. The van der Waals surface area contributed by atoms with Crippen molar-refractivity contribution in [2.45, 2.75) is 19.8 Å². The maximum atomic E-state index is 11.1. The fraction of sp³-hybridized carbons (Fsp3) is 0.500. The van der Waals surface area contributed by atoms with E-state index in [9.17, 15) is 4.79 Å². The number of aryl methyl sites for hydroxylation is 1. The van der Waals surface area contributed by atoms with E-state index in [1.165, 1.54) is 6.33 Å². The predicted molar refractivity (Wildman–Crippen MR) is 68.1 cm³/mol. The van der Waals surface area contributed by atoms with Gasteiger partial charge in [0.05, 0.1) is 5.92 Å². The van der Waals surface area contributed by atoms with Gasteiger partial charge in [-0.05, 0) is 19.8 Å². The van der Waals surface area contributed by atoms with Crippen molar-refractivity contribution in [2.24, 2.45) is 5.92 Å². The summed E-state index contributed by atoms with van der Waals surface area (Å²) < 4.78 is 1.66. The van der Waals surface area contributed by atoms with Crippen LogP contribution in [0, 0.1) is 12.8 Å². The van der Waals surface area contributed by atoms with Crippen molar-refractivity contribution in [3.63, 3.8) is 0 Å². The highest BCUT2D eigenvalue weighted by Crippen LogP contribution is 2.23. The molecule has 1 N–H and O–H groups in total. The second kappa shape index (κ2) is 4.49. The van der Waals surface area contributed by atoms with Crippen LogP contribution in [0.25, 0.3) is 5.78 Å². The quantitative estimate of drug-likeness (QED) is 0.858. The van der Waals surface area contributed by atoms with Crippen molar-refractivity contribution in [3.8, 4) is 0 Å². The molecule has 1 unspecified atom stereocenters. The van der Waals surface area contributed by atoms with Gasteiger partial charge in [0.2, 0.25) is 0 Å². The van der Waals surface area contributed by atoms with Gasteiger partial charge in [-0.15, -0.1) is 0 Å². The second-order valence-corrected chi connectivity index (χ2v) is 4.85. The zero-order valence-corrected chi connectivity index (χ0v) is 10.7. The molecule has 1 fully saturated rings. The summed E-state index contributed by atoms with van der Waals surface area (Å²) in [4.78, 5) is 21.6. The molecule has 0 radical (unpaired) electrons. The molecular weight excluding hydrogens is 246 g/mol. The van der Waals surface area contributed by atoms with Crippen molar-refractivity contribution in [1.29, 1.82) is 0 Å². The van der Waals surface area contributed by atoms with E-state index < -0.39 is 5.97 Å². The second-order valence-electron chi connectivity index (χ2n) is 4.85. The van der Waals surface area contributed by atoms with Crippen molar-refractivity contribution >= 4 is 17.6 Å². The molecule has 0 bridgehead atoms. The molecule has 7 nitrogen and oxygen atoms in total. The SMILES string of the molecule is Cc1cc(N2CCCC(C(=O)O)C2)n2ncnc2n1. The van der Waals surface area contributed by atoms with Gasteiger partial charge in [-0.25, -0.2) is 4.98 Å². The molecular formula is C12H15N5O2. The number of hydrogen-bond donors (Lipinski definition) is 1. The zero-order chi connectivity index (χ0) is 13.4. The fourth-order valence-electron chi connectivity index (χ4n) is 2.52. The van der Waals surface area contributed by atoms with Crippen LogP contribution in [0.15, 0.2) is 12.4 Å². The van der Waals surface area contributed by atoms with E-state index >= 15 is 0 Å². The molecule has 7 heteroatoms. The summed E-state index contributed by atoms with van der Waals surface area (Å²) in [5.74, 6) is 0.365. The molecule has 0 spiro atoms. The first-order chi connectivity index (χ1) is 9.15. The van der Waals surface area contributed by atoms with E-state index in [2.05, 4.69) is 20.0 Å². The molecule has 3 rings (SSSR count). The molecule has 0 saturated carbocycles. The summed E-state index contributed by atoms with van der Waals surface area (Å²) in [6, 6.07) is 1.92. The van der Waals surface area contributed by atoms with Crippen LogP contribution in [0.4, 0.5) is 5.82 Å². The molecule has 1 atom stereocenters. The zero-order valence-electron chi connectivity index (χ0n) is 10.7. The number of rotatable bonds is 2. The Hall–Kier alpha value is -2.18. The Bertz CT molecular complexity index is 624. The molecule has 3 heterocycles. The Morgan fingerprint density at radius 2 is 2.37 bits per heavy atom. The minimum absolute atomic E-state index is 0.319. The summed E-state index contributed by atoms with van der Waals surface area (Å²) in [6.07, 6.45) is 3.06. The van der Waals surface area contributed by atoms with Crippen LogP contribution < -0.4 is 4.90 Å². The van der Waals surface area contributed by atoms with Crippen LogP contribution in [0.5, 0.6) is 0 Å². The first-order valence-electron chi connectivity index (χ1n) is 6.30. The van der Waals surface area contributed by atoms with E-state index in [-0.39, 0.29) is 5.92 Å². The summed E-state index contributed by atoms with van der Waals surface area (Å²) in [7, 11) is 0. The number of hydrogen-bond acceptors (Lipinski definition) is 5. The number of fused-ring (bicyclic) bond motifs is 1. The lowest BCUT2D eigenvalue weighted by molar-refractivity contribution is -0.141. The third-order valence-electron chi connectivity index (χ3n) is 3.46. The van der Waals surface area contributed by atoms with E-state index in [1.807, 2.05) is 13.0 Å². The third-order valence-corrected chi connectivity index (χ3v) is 3.46. The number of carboxylic acids is 1. The highest BCUT2D eigenvalue weighted by atomic mass is 16.4. The molecule has 0 aliphatic carbocycles. The van der Waals surface area contributed by atoms with E-state index in [0.29, 0.717) is 12.3 Å². The van der Waals surface area contributed by atoms with E-state index in [1.54, 1.807) is 4.52 Å². The average molecular weight is 261 g/mol. The minimum atomic E-state index is -0.731. The molecule has 0 amide bonds. The van der Waals surface area contributed by atoms with Gasteiger partial charge >= 0.3 is 5.97 Å². The van der Waals surface area contributed by atoms with Crippen molar-refractivity contribution < 1.29 is 9.90 Å². The van der Waals surface area contributed by atoms with Crippen LogP contribution in [0.1, 0.15) is 18.5 Å². The van der Waals surface area contributed by atoms with Gasteiger partial charge in [0.1, 0.15) is 12.1 Å². The third kappa shape index (κ3) is 2.11. The summed E-state index contributed by atoms with van der Waals surface area (Å²) in [6.45, 7) is 3.24. The Balaban J connectivity index is 1.99. The lowest BCUT2D eigenvalue weighted by Gasteiger charge is -2.32. The highest BCUT2D eigenvalue weighted by molar-refractivity contribution is 5.71. The molecule has 1 aliphatic rings. The van der Waals surface area contributed by atoms with Crippen molar-refractivity contribution in [2.75, 3.05) is 18.0 Å². The molecule has 0 aromatic carbocycles. The molecule has 2 aromatic rings. The number of carboxylic acid groups (broad SMARTS) is 1. The first-order valence-corrected chi connectivity index (χ1v) is 6.30. The van der Waals surface area contributed by atoms with Gasteiger partial charge in [-0.3, -0.25) is 4.79 Å². The Morgan fingerprint density at radius 1 is 1.53 bits per heavy atom. The summed E-state index contributed by atoms with van der Waals surface area (Å²) >= 11 is 0. The van der Waals surface area contributed by atoms with Crippen LogP contribution in [-0.2, 0) is 4.79 Å². The Kier molecular flexibility index (Phi) is 2.81. The number of aliphatic carboxylic acids is 1. The summed E-state index contributed by atoms with van der Waals surface area (Å²) in [5.41, 5.74) is 0.855. The Morgan fingerprint density at radius 3 is 3.16 bits per heavy atom. The fourth-order valence-corrected chi connectivity index (χ4v) is 2.52. The van der Waals surface area contributed by atoms with Gasteiger partial charge in [0, 0.05) is 24.8 Å². The number of piperidine rings is 1. The molecule has 1 aliphatic heterocycles. The molecule has 2 aromatic heterocycles. The van der Waals surface area contributed by atoms with Crippen LogP contribution in [-0.4, -0.2) is 43.7 Å². The maximum absolute atomic E-state index is 11.1. The standard InChI is InChI=1S/C12H15N5O2/c1-8-5-10(17-12(15-8)13-7-14-17)16-4-2-3-9(6-16)11(18)19/h5,7,9H,2-4,6H2,1H3,(H,18,19). The number of nitrogens with zero attached hydrogens (tertiary/aromatic N) is 5. The van der Waals surface area contributed by atoms with E-state index in [4.69, 9.17) is 5.11 Å². The van der Waals surface area contributed by atoms with Gasteiger partial charge in [-0.1, -0.05) is 0 Å². The molecule has 100 valence electrons. The number of aromatic nitrogens is 4. The van der Waals surface area contributed by atoms with Crippen molar-refractivity contribution in [1.82, 2.24) is 19.6 Å². The smallest absolute Gasteiger partial charge is 0.308 e. The minimum Gasteiger partial charge on any atom is -0.481 e. The molecule has 1 saturated heterocycles. The molecule has 19 heavy (non-hydrogen) atoms. The van der Waals surface area contributed by atoms with Gasteiger partial charge in [0.15, 0.2) is 0 Å². The lowest BCUT2D eigenvalue weighted by Crippen LogP contribution is -2.39. The lowest BCUT2D eigenvalue weighted by atomic mass is 9.98. The summed E-state index contributed by atoms with van der Waals surface area (Å²) in [5, 5.41) is 13.3. The van der Waals surface area contributed by atoms with Crippen molar-refractivity contribution in [3.05, 3.63) is 18.1 Å². The largest absolute Gasteiger partial charge is 0.481 e.